The van der Waals surface area contributed by atoms with Gasteiger partial charge in [0.05, 0.1) is 31.0 Å². The molecule has 2 N–H and O–H groups in total. The second kappa shape index (κ2) is 10.1. The molecule has 0 bridgehead atoms. The van der Waals surface area contributed by atoms with E-state index in [1.165, 1.54) is 0 Å². The number of nitrogens with one attached hydrogen (secondary N) is 2. The van der Waals surface area contributed by atoms with E-state index in [0.717, 1.165) is 22.6 Å². The fourth-order valence-corrected chi connectivity index (χ4v) is 4.59. The summed E-state index contributed by atoms with van der Waals surface area (Å²) in [5.74, 6) is 0.390. The molecule has 1 amide bonds. The summed E-state index contributed by atoms with van der Waals surface area (Å²) < 4.78 is 12.1. The van der Waals surface area contributed by atoms with Crippen molar-refractivity contribution in [1.29, 1.82) is 0 Å². The molecule has 188 valence electrons. The number of benzene rings is 2. The van der Waals surface area contributed by atoms with Crippen molar-refractivity contribution in [1.82, 2.24) is 15.3 Å². The maximum absolute atomic E-state index is 12.8. The number of amides is 1. The minimum Gasteiger partial charge on any atom is -0.378 e. The van der Waals surface area contributed by atoms with Crippen LogP contribution in [-0.2, 0) is 9.47 Å². The van der Waals surface area contributed by atoms with E-state index >= 15 is 0 Å². The van der Waals surface area contributed by atoms with Gasteiger partial charge in [-0.05, 0) is 42.5 Å². The van der Waals surface area contributed by atoms with E-state index < -0.39 is 0 Å². The quantitative estimate of drug-likeness (QED) is 0.525. The first kappa shape index (κ1) is 24.0. The average molecular weight is 489 g/mol. The second-order valence-electron chi connectivity index (χ2n) is 9.57. The molecule has 2 aliphatic heterocycles. The highest BCUT2D eigenvalue weighted by Gasteiger charge is 2.48. The summed E-state index contributed by atoms with van der Waals surface area (Å²) in [7, 11) is 7.97. The first-order valence-corrected chi connectivity index (χ1v) is 12.1. The molecule has 1 aromatic heterocycles. The third-order valence-electron chi connectivity index (χ3n) is 6.67. The zero-order chi connectivity index (χ0) is 25.2. The van der Waals surface area contributed by atoms with Gasteiger partial charge in [-0.25, -0.2) is 9.97 Å². The topological polar surface area (TPSA) is 91.9 Å². The van der Waals surface area contributed by atoms with E-state index in [1.54, 1.807) is 6.20 Å². The summed E-state index contributed by atoms with van der Waals surface area (Å²) in [6, 6.07) is 17.3. The van der Waals surface area contributed by atoms with Crippen molar-refractivity contribution >= 4 is 23.2 Å². The number of carbonyl (C=O) groups excluding carboxylic acids is 1. The molecule has 2 saturated heterocycles. The SMILES string of the molecule is CN(C)c1ccc(C(=O)N[C@H]2CO[C@H]3[C@H]2OC[C@H]3Nc2nccc(-c3ccc(N(C)C)cc3)n2)cc1. The molecule has 4 atom stereocenters. The lowest BCUT2D eigenvalue weighted by Gasteiger charge is -2.19. The van der Waals surface area contributed by atoms with Crippen molar-refractivity contribution in [3.8, 4) is 11.3 Å². The standard InChI is InChI=1S/C27H32N6O3/c1-32(2)19-9-5-17(6-10-19)21-13-14-28-27(30-21)31-23-16-36-24-22(15-35-25(23)24)29-26(34)18-7-11-20(12-8-18)33(3)4/h5-14,22-25H,15-16H2,1-4H3,(H,29,34)(H,28,30,31)/t22-,23+,24-,25+/m0/s1. The van der Waals surface area contributed by atoms with E-state index in [-0.39, 0.29) is 30.2 Å². The van der Waals surface area contributed by atoms with E-state index in [4.69, 9.17) is 14.5 Å². The number of aromatic nitrogens is 2. The van der Waals surface area contributed by atoms with Crippen LogP contribution in [0.3, 0.4) is 0 Å². The van der Waals surface area contributed by atoms with Crippen LogP contribution < -0.4 is 20.4 Å². The summed E-state index contributed by atoms with van der Waals surface area (Å²) in [6.45, 7) is 0.846. The number of nitrogens with zero attached hydrogens (tertiary/aromatic N) is 4. The molecule has 36 heavy (non-hydrogen) atoms. The van der Waals surface area contributed by atoms with Crippen LogP contribution in [0.1, 0.15) is 10.4 Å². The van der Waals surface area contributed by atoms with Gasteiger partial charge in [0.1, 0.15) is 12.2 Å². The van der Waals surface area contributed by atoms with Crippen LogP contribution in [-0.4, -0.2) is 81.6 Å². The molecular formula is C27H32N6O3. The van der Waals surface area contributed by atoms with Gasteiger partial charge in [0.25, 0.3) is 5.91 Å². The van der Waals surface area contributed by atoms with Crippen molar-refractivity contribution in [3.05, 3.63) is 66.4 Å². The summed E-state index contributed by atoms with van der Waals surface area (Å²) in [5.41, 5.74) is 4.64. The lowest BCUT2D eigenvalue weighted by Crippen LogP contribution is -2.44. The molecule has 0 aliphatic carbocycles. The second-order valence-corrected chi connectivity index (χ2v) is 9.57. The van der Waals surface area contributed by atoms with E-state index in [0.29, 0.717) is 24.7 Å². The summed E-state index contributed by atoms with van der Waals surface area (Å²) in [4.78, 5) is 26.0. The molecule has 0 unspecified atom stereocenters. The highest BCUT2D eigenvalue weighted by atomic mass is 16.6. The molecule has 2 aromatic carbocycles. The molecule has 3 aromatic rings. The van der Waals surface area contributed by atoms with Crippen LogP contribution in [0.4, 0.5) is 17.3 Å². The summed E-state index contributed by atoms with van der Waals surface area (Å²) in [6.07, 6.45) is 1.32. The Labute approximate surface area is 211 Å². The fraction of sp³-hybridized carbons (Fsp3) is 0.370. The number of ether oxygens (including phenoxy) is 2. The van der Waals surface area contributed by atoms with Gasteiger partial charge in [-0.15, -0.1) is 0 Å². The Balaban J connectivity index is 1.21. The van der Waals surface area contributed by atoms with Crippen LogP contribution >= 0.6 is 0 Å². The molecule has 9 nitrogen and oxygen atoms in total. The number of fused-ring (bicyclic) bond motifs is 1. The molecule has 9 heteroatoms. The first-order valence-electron chi connectivity index (χ1n) is 12.1. The maximum Gasteiger partial charge on any atom is 0.251 e. The number of carbonyl (C=O) groups is 1. The maximum atomic E-state index is 12.8. The van der Waals surface area contributed by atoms with Crippen LogP contribution in [0.15, 0.2) is 60.8 Å². The Kier molecular flexibility index (Phi) is 6.75. The van der Waals surface area contributed by atoms with Gasteiger partial charge in [-0.3, -0.25) is 4.79 Å². The van der Waals surface area contributed by atoms with Crippen LogP contribution in [0.5, 0.6) is 0 Å². The summed E-state index contributed by atoms with van der Waals surface area (Å²) >= 11 is 0. The van der Waals surface area contributed by atoms with Gasteiger partial charge >= 0.3 is 0 Å². The van der Waals surface area contributed by atoms with Crippen LogP contribution in [0.2, 0.25) is 0 Å². The van der Waals surface area contributed by atoms with Crippen LogP contribution in [0, 0.1) is 0 Å². The van der Waals surface area contributed by atoms with Gasteiger partial charge in [0, 0.05) is 56.9 Å². The lowest BCUT2D eigenvalue weighted by molar-refractivity contribution is 0.0652. The minimum atomic E-state index is -0.228. The van der Waals surface area contributed by atoms with Crippen molar-refractivity contribution < 1.29 is 14.3 Å². The van der Waals surface area contributed by atoms with Crippen molar-refractivity contribution in [2.75, 3.05) is 56.5 Å². The highest BCUT2D eigenvalue weighted by molar-refractivity contribution is 5.94. The highest BCUT2D eigenvalue weighted by Crippen LogP contribution is 2.29. The molecule has 5 rings (SSSR count). The smallest absolute Gasteiger partial charge is 0.251 e. The molecule has 0 saturated carbocycles. The summed E-state index contributed by atoms with van der Waals surface area (Å²) in [5, 5.41) is 6.45. The number of hydrogen-bond donors (Lipinski definition) is 2. The largest absolute Gasteiger partial charge is 0.378 e. The zero-order valence-electron chi connectivity index (χ0n) is 21.0. The average Bonchev–Trinajstić information content (AvgIpc) is 3.47. The molecule has 0 radical (unpaired) electrons. The molecular weight excluding hydrogens is 456 g/mol. The van der Waals surface area contributed by atoms with Crippen molar-refractivity contribution in [2.24, 2.45) is 0 Å². The predicted molar refractivity (Wildman–Crippen MR) is 141 cm³/mol. The number of hydrogen-bond acceptors (Lipinski definition) is 8. The Hall–Kier alpha value is -3.69. The van der Waals surface area contributed by atoms with Gasteiger partial charge in [0.2, 0.25) is 5.95 Å². The van der Waals surface area contributed by atoms with Crippen LogP contribution in [0.25, 0.3) is 11.3 Å². The molecule has 0 spiro atoms. The third-order valence-corrected chi connectivity index (χ3v) is 6.67. The zero-order valence-corrected chi connectivity index (χ0v) is 21.0. The molecule has 2 aliphatic rings. The first-order chi connectivity index (χ1) is 17.4. The molecule has 2 fully saturated rings. The lowest BCUT2D eigenvalue weighted by atomic mass is 10.1. The fourth-order valence-electron chi connectivity index (χ4n) is 4.59. The van der Waals surface area contributed by atoms with Gasteiger partial charge < -0.3 is 29.9 Å². The number of rotatable bonds is 7. The predicted octanol–water partition coefficient (Wildman–Crippen LogP) is 2.65. The van der Waals surface area contributed by atoms with Crippen molar-refractivity contribution in [3.63, 3.8) is 0 Å². The van der Waals surface area contributed by atoms with Crippen molar-refractivity contribution in [2.45, 2.75) is 24.3 Å². The van der Waals surface area contributed by atoms with Gasteiger partial charge in [0.15, 0.2) is 0 Å². The van der Waals surface area contributed by atoms with Gasteiger partial charge in [-0.1, -0.05) is 12.1 Å². The third kappa shape index (κ3) is 4.98. The monoisotopic (exact) mass is 488 g/mol. The Morgan fingerprint density at radius 2 is 1.42 bits per heavy atom. The van der Waals surface area contributed by atoms with E-state index in [1.807, 2.05) is 63.4 Å². The van der Waals surface area contributed by atoms with Gasteiger partial charge in [-0.2, -0.15) is 0 Å². The number of anilines is 3. The van der Waals surface area contributed by atoms with E-state index in [9.17, 15) is 4.79 Å². The normalized spacial score (nSPS) is 22.7. The molecule has 3 heterocycles. The minimum absolute atomic E-state index is 0.109. The Morgan fingerprint density at radius 3 is 2.06 bits per heavy atom. The Bertz CT molecular complexity index is 1200. The van der Waals surface area contributed by atoms with E-state index in [2.05, 4.69) is 44.8 Å². The Morgan fingerprint density at radius 1 is 0.833 bits per heavy atom.